The van der Waals surface area contributed by atoms with Gasteiger partial charge in [0, 0.05) is 11.1 Å². The van der Waals surface area contributed by atoms with Crippen molar-refractivity contribution in [1.29, 1.82) is 0 Å². The number of aliphatic hydroxyl groups is 1. The molecule has 0 radical (unpaired) electrons. The first-order valence-electron chi connectivity index (χ1n) is 10.9. The summed E-state index contributed by atoms with van der Waals surface area (Å²) < 4.78 is 22.4. The molecule has 11 heteroatoms. The number of nitrogens with one attached hydrogen (secondary N) is 1. The summed E-state index contributed by atoms with van der Waals surface area (Å²) in [6.45, 7) is 1.91. The molecule has 0 aromatic carbocycles. The number of pyridine rings is 1. The van der Waals surface area contributed by atoms with Crippen LogP contribution in [0.25, 0.3) is 0 Å². The van der Waals surface area contributed by atoms with Crippen LogP contribution in [-0.4, -0.2) is 31.9 Å². The number of ether oxygens (including phenoxy) is 1. The number of nitrogens with two attached hydrogens (primary N) is 1. The largest absolute Gasteiger partial charge is 0.382 e. The molecule has 3 aliphatic carbocycles. The van der Waals surface area contributed by atoms with E-state index in [2.05, 4.69) is 14.7 Å². The minimum atomic E-state index is -3.57. The fourth-order valence-corrected chi connectivity index (χ4v) is 7.54. The van der Waals surface area contributed by atoms with Gasteiger partial charge in [-0.25, -0.2) is 19.1 Å². The number of amides is 2. The maximum absolute atomic E-state index is 13.2. The zero-order valence-corrected chi connectivity index (χ0v) is 19.4. The summed E-state index contributed by atoms with van der Waals surface area (Å²) in [5.41, 5.74) is 4.62. The maximum atomic E-state index is 13.2. The number of anilines is 1. The summed E-state index contributed by atoms with van der Waals surface area (Å²) in [6, 6.07) is -0.743. The smallest absolute Gasteiger partial charge is 0.354 e. The van der Waals surface area contributed by atoms with Crippen LogP contribution in [0.5, 0.6) is 0 Å². The summed E-state index contributed by atoms with van der Waals surface area (Å²) in [6.07, 6.45) is 7.06. The molecule has 2 aromatic heterocycles. The molecule has 2 unspecified atom stereocenters. The van der Waals surface area contributed by atoms with Crippen molar-refractivity contribution in [2.24, 2.45) is 9.50 Å². The Morgan fingerprint density at radius 2 is 2.03 bits per heavy atom. The topological polar surface area (TPSA) is 140 Å². The van der Waals surface area contributed by atoms with Crippen LogP contribution < -0.4 is 10.5 Å². The number of aryl methyl sites for hydroxylation is 1. The summed E-state index contributed by atoms with van der Waals surface area (Å²) in [5, 5.41) is 19.4. The predicted octanol–water partition coefficient (Wildman–Crippen LogP) is 2.68. The first-order valence-corrected chi connectivity index (χ1v) is 13.3. The van der Waals surface area contributed by atoms with Crippen LogP contribution in [0.2, 0.25) is 0 Å². The van der Waals surface area contributed by atoms with Crippen LogP contribution >= 0.6 is 11.3 Å². The Bertz CT molecular complexity index is 1290. The summed E-state index contributed by atoms with van der Waals surface area (Å²) in [4.78, 5) is 22.7. The second-order valence-corrected chi connectivity index (χ2v) is 12.4. The molecule has 1 saturated carbocycles. The lowest BCUT2D eigenvalue weighted by Gasteiger charge is -2.26. The number of fused-ring (bicyclic) bond motifs is 4. The van der Waals surface area contributed by atoms with Gasteiger partial charge in [0.2, 0.25) is 4.34 Å². The molecule has 0 saturated heterocycles. The van der Waals surface area contributed by atoms with Gasteiger partial charge in [-0.2, -0.15) is 0 Å². The third kappa shape index (κ3) is 3.13. The van der Waals surface area contributed by atoms with Crippen molar-refractivity contribution in [3.63, 3.8) is 0 Å². The van der Waals surface area contributed by atoms with Crippen LogP contribution in [0.1, 0.15) is 65.7 Å². The van der Waals surface area contributed by atoms with E-state index in [9.17, 15) is 14.1 Å². The zero-order valence-electron chi connectivity index (χ0n) is 17.8. The van der Waals surface area contributed by atoms with Crippen molar-refractivity contribution in [1.82, 2.24) is 9.97 Å². The molecule has 2 atom stereocenters. The molecule has 4 aliphatic rings. The fraction of sp³-hybridized carbons (Fsp3) is 0.571. The first kappa shape index (κ1) is 20.7. The molecule has 9 nitrogen and oxygen atoms in total. The van der Waals surface area contributed by atoms with Gasteiger partial charge in [-0.15, -0.1) is 15.7 Å². The van der Waals surface area contributed by atoms with Gasteiger partial charge < -0.3 is 15.2 Å². The number of carbonyl (C=O) groups excluding carboxylic acids is 1. The van der Waals surface area contributed by atoms with Gasteiger partial charge in [0.25, 0.3) is 0 Å². The Morgan fingerprint density at radius 3 is 2.78 bits per heavy atom. The third-order valence-corrected chi connectivity index (χ3v) is 10.2. The highest BCUT2D eigenvalue weighted by atomic mass is 32.2. The van der Waals surface area contributed by atoms with E-state index in [0.29, 0.717) is 10.6 Å². The summed E-state index contributed by atoms with van der Waals surface area (Å²) in [5.74, 6) is 0. The van der Waals surface area contributed by atoms with Crippen LogP contribution in [0.4, 0.5) is 10.5 Å². The predicted molar refractivity (Wildman–Crippen MR) is 119 cm³/mol. The summed E-state index contributed by atoms with van der Waals surface area (Å²) in [7, 11) is -3.57. The minimum Gasteiger partial charge on any atom is -0.382 e. The number of carbonyl (C=O) groups is 1. The number of aromatic nitrogens is 2. The second-order valence-electron chi connectivity index (χ2n) is 9.49. The van der Waals surface area contributed by atoms with Crippen molar-refractivity contribution in [2.45, 2.75) is 73.8 Å². The highest BCUT2D eigenvalue weighted by Crippen LogP contribution is 2.58. The van der Waals surface area contributed by atoms with Gasteiger partial charge in [0.1, 0.15) is 5.60 Å². The molecule has 2 aromatic rings. The average Bonchev–Trinajstić information content (AvgIpc) is 3.07. The van der Waals surface area contributed by atoms with Crippen LogP contribution in [-0.2, 0) is 51.5 Å². The van der Waals surface area contributed by atoms with E-state index < -0.39 is 21.5 Å². The number of nitrogens with zero attached hydrogens (tertiary/aromatic N) is 3. The lowest BCUT2D eigenvalue weighted by molar-refractivity contribution is -0.0586. The quantitative estimate of drug-likeness (QED) is 0.610. The molecule has 3 heterocycles. The number of thiazole rings is 1. The molecule has 1 aliphatic heterocycles. The van der Waals surface area contributed by atoms with Crippen molar-refractivity contribution >= 4 is 33.0 Å². The molecule has 1 fully saturated rings. The highest BCUT2D eigenvalue weighted by molar-refractivity contribution is 7.93. The van der Waals surface area contributed by atoms with E-state index in [4.69, 9.17) is 14.9 Å². The van der Waals surface area contributed by atoms with Crippen LogP contribution in [0, 0.1) is 0 Å². The average molecular weight is 476 g/mol. The SMILES string of the molecule is CC1(O)COCc2nc(S(N)(=O)=NC(=O)Nc3c4c(nc5c3CCC53CC3)CCC4)sc21. The standard InChI is InChI=1S/C21H25N5O4S2/c1-20(28)10-30-9-14-17(20)31-19(24-14)32(22,29)26-18(27)25-15-11-3-2-4-13(11)23-16-12(15)5-6-21(16)7-8-21/h28H,2-10H2,1H3,(H3,22,23,25,26,27,29). The van der Waals surface area contributed by atoms with Gasteiger partial charge >= 0.3 is 6.03 Å². The number of rotatable bonds is 2. The normalized spacial score (nSPS) is 26.2. The molecular weight excluding hydrogens is 450 g/mol. The third-order valence-electron chi connectivity index (χ3n) is 7.02. The Labute approximate surface area is 190 Å². The van der Waals surface area contributed by atoms with Crippen molar-refractivity contribution in [2.75, 3.05) is 11.9 Å². The van der Waals surface area contributed by atoms with E-state index in [1.54, 1.807) is 6.92 Å². The highest BCUT2D eigenvalue weighted by Gasteiger charge is 2.51. The molecule has 6 rings (SSSR count). The van der Waals surface area contributed by atoms with E-state index >= 15 is 0 Å². The molecular formula is C21H25N5O4S2. The van der Waals surface area contributed by atoms with E-state index in [1.807, 2.05) is 0 Å². The Morgan fingerprint density at radius 1 is 1.22 bits per heavy atom. The Hall–Kier alpha value is -1.92. The number of hydrogen-bond donors (Lipinski definition) is 3. The lowest BCUT2D eigenvalue weighted by atomic mass is 10.0. The first-order chi connectivity index (χ1) is 15.2. The van der Waals surface area contributed by atoms with Crippen molar-refractivity contribution in [3.8, 4) is 0 Å². The minimum absolute atomic E-state index is 0.0190. The zero-order chi connectivity index (χ0) is 22.3. The van der Waals surface area contributed by atoms with Gasteiger partial charge in [-0.1, -0.05) is 0 Å². The van der Waals surface area contributed by atoms with E-state index in [-0.39, 0.29) is 23.0 Å². The van der Waals surface area contributed by atoms with Gasteiger partial charge in [0.05, 0.1) is 35.2 Å². The molecule has 170 valence electrons. The molecule has 2 amide bonds. The van der Waals surface area contributed by atoms with Crippen molar-refractivity contribution in [3.05, 3.63) is 33.1 Å². The summed E-state index contributed by atoms with van der Waals surface area (Å²) >= 11 is 1.02. The van der Waals surface area contributed by atoms with Gasteiger partial charge in [0.15, 0.2) is 9.92 Å². The van der Waals surface area contributed by atoms with E-state index in [0.717, 1.165) is 84.5 Å². The fourth-order valence-electron chi connectivity index (χ4n) is 5.25. The monoisotopic (exact) mass is 475 g/mol. The van der Waals surface area contributed by atoms with Gasteiger partial charge in [-0.05, 0) is 63.0 Å². The Kier molecular flexibility index (Phi) is 4.39. The second kappa shape index (κ2) is 6.80. The molecule has 4 N–H and O–H groups in total. The van der Waals surface area contributed by atoms with Crippen LogP contribution in [0.3, 0.4) is 0 Å². The maximum Gasteiger partial charge on any atom is 0.354 e. The Balaban J connectivity index is 1.35. The van der Waals surface area contributed by atoms with Crippen molar-refractivity contribution < 1.29 is 18.8 Å². The molecule has 1 spiro atoms. The lowest BCUT2D eigenvalue weighted by Crippen LogP contribution is -2.31. The number of urea groups is 1. The van der Waals surface area contributed by atoms with Gasteiger partial charge in [-0.3, -0.25) is 4.98 Å². The van der Waals surface area contributed by atoms with E-state index in [1.165, 1.54) is 0 Å². The van der Waals surface area contributed by atoms with Crippen LogP contribution in [0.15, 0.2) is 8.70 Å². The molecule has 32 heavy (non-hydrogen) atoms. The number of hydrogen-bond acceptors (Lipinski definition) is 7. The molecule has 0 bridgehead atoms.